The molecule has 0 spiro atoms. The molecule has 1 saturated heterocycles. The second-order valence-electron chi connectivity index (χ2n) is 8.19. The molecule has 0 saturated carbocycles. The average molecular weight is 530 g/mol. The maximum absolute atomic E-state index is 13.5. The molecular weight excluding hydrogens is 506 g/mol. The zero-order valence-electron chi connectivity index (χ0n) is 18.2. The van der Waals surface area contributed by atoms with Crippen molar-refractivity contribution in [3.63, 3.8) is 0 Å². The third-order valence-corrected chi connectivity index (χ3v) is 7.21. The molecule has 0 aromatic heterocycles. The van der Waals surface area contributed by atoms with Crippen molar-refractivity contribution in [3.8, 4) is 0 Å². The monoisotopic (exact) mass is 528 g/mol. The first-order valence-electron chi connectivity index (χ1n) is 10.7. The number of halogens is 4. The minimum atomic E-state index is -0.362. The zero-order chi connectivity index (χ0) is 23.7. The van der Waals surface area contributed by atoms with Crippen LogP contribution in [0.1, 0.15) is 31.4 Å². The van der Waals surface area contributed by atoms with Crippen LogP contribution < -0.4 is 5.01 Å². The minimum Gasteiger partial charge on any atom is -0.383 e. The van der Waals surface area contributed by atoms with E-state index in [9.17, 15) is 4.79 Å². The quantitative estimate of drug-likeness (QED) is 0.417. The Hall–Kier alpha value is -1.54. The van der Waals surface area contributed by atoms with E-state index in [1.54, 1.807) is 30.3 Å². The number of carbonyl (C=O) groups is 1. The molecule has 33 heavy (non-hydrogen) atoms. The van der Waals surface area contributed by atoms with Gasteiger partial charge in [0.25, 0.3) is 5.91 Å². The SMILES string of the molecule is COC[C@H]1CCCN1N(Cl)C(=O)C1=NN(c2ccc(Cl)cc2Cl)[C@H](c2ccc(Cl)cc2)[C@@H]1C. The second kappa shape index (κ2) is 10.4. The maximum Gasteiger partial charge on any atom is 0.299 e. The lowest BCUT2D eigenvalue weighted by Crippen LogP contribution is -2.48. The number of amides is 1. The van der Waals surface area contributed by atoms with Gasteiger partial charge in [0.2, 0.25) is 0 Å². The Morgan fingerprint density at radius 1 is 1.15 bits per heavy atom. The van der Waals surface area contributed by atoms with Crippen molar-refractivity contribution in [2.45, 2.75) is 31.8 Å². The van der Waals surface area contributed by atoms with E-state index in [0.717, 1.165) is 22.9 Å². The van der Waals surface area contributed by atoms with Crippen LogP contribution in [-0.4, -0.2) is 47.5 Å². The summed E-state index contributed by atoms with van der Waals surface area (Å²) < 4.78 is 6.47. The van der Waals surface area contributed by atoms with Gasteiger partial charge in [-0.15, -0.1) is 0 Å². The van der Waals surface area contributed by atoms with Crippen LogP contribution in [-0.2, 0) is 9.53 Å². The standard InChI is InChI=1S/C23H24Cl4N4O2/c1-14-21(23(32)31(27)29-11-3-4-18(29)13-33-2)28-30(20-10-9-17(25)12-19(20)26)22(14)15-5-7-16(24)8-6-15/h5-10,12,14,18,22H,3-4,11,13H2,1-2H3/t14-,18-,22+/m1/s1. The number of anilines is 1. The number of hydrazine groups is 1. The molecular formula is C23H24Cl4N4O2. The number of ether oxygens (including phenoxy) is 1. The van der Waals surface area contributed by atoms with Crippen molar-refractivity contribution < 1.29 is 9.53 Å². The number of carbonyl (C=O) groups excluding carboxylic acids is 1. The average Bonchev–Trinajstić information content (AvgIpc) is 3.38. The van der Waals surface area contributed by atoms with Crippen LogP contribution in [0.2, 0.25) is 15.1 Å². The lowest BCUT2D eigenvalue weighted by molar-refractivity contribution is -0.132. The molecule has 2 aliphatic rings. The molecule has 6 nitrogen and oxygen atoms in total. The Labute approximate surface area is 213 Å². The van der Waals surface area contributed by atoms with E-state index in [0.29, 0.717) is 39.6 Å². The Bertz CT molecular complexity index is 1050. The Kier molecular flexibility index (Phi) is 7.73. The highest BCUT2D eigenvalue weighted by molar-refractivity contribution is 6.46. The van der Waals surface area contributed by atoms with Crippen LogP contribution in [0, 0.1) is 5.92 Å². The molecule has 0 unspecified atom stereocenters. The summed E-state index contributed by atoms with van der Waals surface area (Å²) in [5, 5.41) is 9.92. The predicted molar refractivity (Wildman–Crippen MR) is 134 cm³/mol. The van der Waals surface area contributed by atoms with Gasteiger partial charge in [0.05, 0.1) is 29.4 Å². The summed E-state index contributed by atoms with van der Waals surface area (Å²) in [5.74, 6) is -0.631. The van der Waals surface area contributed by atoms with Gasteiger partial charge in [-0.1, -0.05) is 53.9 Å². The highest BCUT2D eigenvalue weighted by Gasteiger charge is 2.43. The Morgan fingerprint density at radius 2 is 1.85 bits per heavy atom. The highest BCUT2D eigenvalue weighted by atomic mass is 35.5. The van der Waals surface area contributed by atoms with Gasteiger partial charge >= 0.3 is 0 Å². The summed E-state index contributed by atoms with van der Waals surface area (Å²) in [5.41, 5.74) is 1.94. The smallest absolute Gasteiger partial charge is 0.299 e. The third kappa shape index (κ3) is 4.97. The zero-order valence-corrected chi connectivity index (χ0v) is 21.2. The molecule has 0 bridgehead atoms. The highest BCUT2D eigenvalue weighted by Crippen LogP contribution is 2.43. The van der Waals surface area contributed by atoms with Gasteiger partial charge in [-0.05, 0) is 48.7 Å². The van der Waals surface area contributed by atoms with Crippen molar-refractivity contribution >= 4 is 63.9 Å². The van der Waals surface area contributed by atoms with Gasteiger partial charge in [-0.25, -0.2) is 0 Å². The van der Waals surface area contributed by atoms with Crippen molar-refractivity contribution in [2.24, 2.45) is 11.0 Å². The van der Waals surface area contributed by atoms with Crippen molar-refractivity contribution in [1.82, 2.24) is 9.54 Å². The molecule has 2 aromatic rings. The van der Waals surface area contributed by atoms with E-state index in [4.69, 9.17) is 56.4 Å². The number of nitrogens with zero attached hydrogens (tertiary/aromatic N) is 4. The Morgan fingerprint density at radius 3 is 2.52 bits per heavy atom. The molecule has 4 rings (SSSR count). The molecule has 2 aromatic carbocycles. The molecule has 0 aliphatic carbocycles. The van der Waals surface area contributed by atoms with Crippen LogP contribution in [0.4, 0.5) is 5.69 Å². The summed E-state index contributed by atoms with van der Waals surface area (Å²) in [6.07, 6.45) is 1.85. The Balaban J connectivity index is 1.70. The van der Waals surface area contributed by atoms with E-state index in [1.807, 2.05) is 36.2 Å². The largest absolute Gasteiger partial charge is 0.383 e. The van der Waals surface area contributed by atoms with Crippen LogP contribution in [0.15, 0.2) is 47.6 Å². The molecule has 1 fully saturated rings. The van der Waals surface area contributed by atoms with E-state index in [-0.39, 0.29) is 23.9 Å². The van der Waals surface area contributed by atoms with Crippen LogP contribution >= 0.6 is 46.6 Å². The molecule has 10 heteroatoms. The van der Waals surface area contributed by atoms with E-state index >= 15 is 0 Å². The number of benzene rings is 2. The first-order valence-corrected chi connectivity index (χ1v) is 12.1. The second-order valence-corrected chi connectivity index (χ2v) is 9.79. The van der Waals surface area contributed by atoms with Gasteiger partial charge < -0.3 is 4.74 Å². The van der Waals surface area contributed by atoms with Crippen molar-refractivity contribution in [3.05, 3.63) is 63.1 Å². The number of hydrogen-bond acceptors (Lipinski definition) is 5. The predicted octanol–water partition coefficient (Wildman–Crippen LogP) is 6.21. The van der Waals surface area contributed by atoms with Crippen LogP contribution in [0.3, 0.4) is 0 Å². The van der Waals surface area contributed by atoms with Gasteiger partial charge in [0, 0.05) is 41.4 Å². The van der Waals surface area contributed by atoms with Crippen LogP contribution in [0.5, 0.6) is 0 Å². The van der Waals surface area contributed by atoms with Crippen molar-refractivity contribution in [1.29, 1.82) is 0 Å². The fourth-order valence-corrected chi connectivity index (χ4v) is 5.36. The van der Waals surface area contributed by atoms with Gasteiger partial charge in [-0.2, -0.15) is 14.6 Å². The number of hydrogen-bond donors (Lipinski definition) is 0. The molecule has 176 valence electrons. The number of methoxy groups -OCH3 is 1. The fraction of sp³-hybridized carbons (Fsp3) is 0.391. The summed E-state index contributed by atoms with van der Waals surface area (Å²) in [6.45, 7) is 3.14. The lowest BCUT2D eigenvalue weighted by atomic mass is 9.91. The topological polar surface area (TPSA) is 48.4 Å². The molecule has 0 radical (unpaired) electrons. The first-order chi connectivity index (χ1) is 15.8. The van der Waals surface area contributed by atoms with Crippen molar-refractivity contribution in [2.75, 3.05) is 25.3 Å². The van der Waals surface area contributed by atoms with Gasteiger partial charge in [0.15, 0.2) is 0 Å². The minimum absolute atomic E-state index is 0.0441. The summed E-state index contributed by atoms with van der Waals surface area (Å²) in [7, 11) is 1.64. The molecule has 3 atom stereocenters. The first kappa shape index (κ1) is 24.6. The number of hydrazone groups is 1. The van der Waals surface area contributed by atoms with Crippen LogP contribution in [0.25, 0.3) is 0 Å². The molecule has 0 N–H and O–H groups in total. The fourth-order valence-electron chi connectivity index (χ4n) is 4.45. The lowest BCUT2D eigenvalue weighted by Gasteiger charge is -2.30. The van der Waals surface area contributed by atoms with E-state index < -0.39 is 0 Å². The van der Waals surface area contributed by atoms with E-state index in [1.165, 1.54) is 0 Å². The third-order valence-electron chi connectivity index (χ3n) is 6.07. The normalized spacial score (nSPS) is 23.2. The molecule has 2 aliphatic heterocycles. The maximum atomic E-state index is 13.5. The summed E-state index contributed by atoms with van der Waals surface area (Å²) in [6, 6.07) is 12.5. The summed E-state index contributed by atoms with van der Waals surface area (Å²) >= 11 is 25.3. The van der Waals surface area contributed by atoms with Gasteiger partial charge in [0.1, 0.15) is 5.71 Å². The van der Waals surface area contributed by atoms with Gasteiger partial charge in [-0.3, -0.25) is 9.80 Å². The number of rotatable bonds is 6. The molecule has 2 heterocycles. The summed E-state index contributed by atoms with van der Waals surface area (Å²) in [4.78, 5) is 13.5. The van der Waals surface area contributed by atoms with E-state index in [2.05, 4.69) is 0 Å². The molecule has 1 amide bonds.